The van der Waals surface area contributed by atoms with Crippen molar-refractivity contribution in [3.63, 3.8) is 0 Å². The van der Waals surface area contributed by atoms with Crippen LogP contribution in [0.5, 0.6) is 0 Å². The molecule has 1 saturated carbocycles. The predicted octanol–water partition coefficient (Wildman–Crippen LogP) is 1.50. The molecule has 0 aliphatic heterocycles. The van der Waals surface area contributed by atoms with Crippen molar-refractivity contribution in [3.8, 4) is 11.8 Å². The van der Waals surface area contributed by atoms with Crippen LogP contribution in [0.1, 0.15) is 31.7 Å². The van der Waals surface area contributed by atoms with Crippen molar-refractivity contribution >= 4 is 10.0 Å². The maximum Gasteiger partial charge on any atom is 0.240 e. The van der Waals surface area contributed by atoms with Gasteiger partial charge in [-0.3, -0.25) is 0 Å². The molecule has 0 amide bonds. The number of aliphatic hydroxyl groups excluding tert-OH is 1. The van der Waals surface area contributed by atoms with Gasteiger partial charge in [-0.05, 0) is 43.9 Å². The lowest BCUT2D eigenvalue weighted by molar-refractivity contribution is 0.305. The van der Waals surface area contributed by atoms with Crippen molar-refractivity contribution in [1.82, 2.24) is 4.72 Å². The number of benzene rings is 1. The number of rotatable bonds is 5. The standard InChI is InChI=1S/C15H19NO3S/c1-12(14-8-9-14)16-20(18,19)15-7-4-6-13(11-15)5-2-3-10-17/h4,6-7,11-12,14,16-17H,3,8-10H2,1H3. The number of hydrogen-bond donors (Lipinski definition) is 2. The minimum absolute atomic E-state index is 0.00540. The topological polar surface area (TPSA) is 66.4 Å². The molecule has 1 aromatic rings. The summed E-state index contributed by atoms with van der Waals surface area (Å²) in [6, 6.07) is 6.54. The lowest BCUT2D eigenvalue weighted by Gasteiger charge is -2.13. The van der Waals surface area contributed by atoms with Gasteiger partial charge in [0.2, 0.25) is 10.0 Å². The first-order valence-corrected chi connectivity index (χ1v) is 8.23. The molecule has 0 radical (unpaired) electrons. The average molecular weight is 293 g/mol. The lowest BCUT2D eigenvalue weighted by atomic mass is 10.2. The second kappa shape index (κ2) is 6.40. The molecule has 0 heterocycles. The Morgan fingerprint density at radius 1 is 1.45 bits per heavy atom. The van der Waals surface area contributed by atoms with Crippen LogP contribution in [0.2, 0.25) is 0 Å². The fraction of sp³-hybridized carbons (Fsp3) is 0.467. The smallest absolute Gasteiger partial charge is 0.240 e. The van der Waals surface area contributed by atoms with Crippen molar-refractivity contribution in [1.29, 1.82) is 0 Å². The van der Waals surface area contributed by atoms with Gasteiger partial charge < -0.3 is 5.11 Å². The first-order valence-electron chi connectivity index (χ1n) is 6.75. The molecular weight excluding hydrogens is 274 g/mol. The summed E-state index contributed by atoms with van der Waals surface area (Å²) in [7, 11) is -3.48. The molecule has 0 bridgehead atoms. The number of hydrogen-bond acceptors (Lipinski definition) is 3. The van der Waals surface area contributed by atoms with Crippen molar-refractivity contribution < 1.29 is 13.5 Å². The summed E-state index contributed by atoms with van der Waals surface area (Å²) in [6.07, 6.45) is 2.57. The molecule has 1 aromatic carbocycles. The molecule has 1 atom stereocenters. The second-order valence-electron chi connectivity index (χ2n) is 5.05. The number of nitrogens with one attached hydrogen (secondary N) is 1. The van der Waals surface area contributed by atoms with Gasteiger partial charge in [-0.25, -0.2) is 13.1 Å². The third-order valence-electron chi connectivity index (χ3n) is 3.28. The highest BCUT2D eigenvalue weighted by atomic mass is 32.2. The molecule has 0 saturated heterocycles. The van der Waals surface area contributed by atoms with Crippen molar-refractivity contribution in [3.05, 3.63) is 29.8 Å². The molecule has 1 aliphatic carbocycles. The zero-order valence-electron chi connectivity index (χ0n) is 11.5. The number of aliphatic hydroxyl groups is 1. The van der Waals surface area contributed by atoms with Gasteiger partial charge in [0.15, 0.2) is 0 Å². The van der Waals surface area contributed by atoms with Crippen LogP contribution in [-0.2, 0) is 10.0 Å². The van der Waals surface area contributed by atoms with Crippen LogP contribution in [0, 0.1) is 17.8 Å². The van der Waals surface area contributed by atoms with E-state index in [9.17, 15) is 8.42 Å². The Morgan fingerprint density at radius 2 is 2.20 bits per heavy atom. The minimum atomic E-state index is -3.48. The van der Waals surface area contributed by atoms with E-state index < -0.39 is 10.0 Å². The van der Waals surface area contributed by atoms with E-state index >= 15 is 0 Å². The first-order chi connectivity index (χ1) is 9.53. The van der Waals surface area contributed by atoms with Crippen LogP contribution >= 0.6 is 0 Å². The fourth-order valence-electron chi connectivity index (χ4n) is 1.97. The van der Waals surface area contributed by atoms with Crippen molar-refractivity contribution in [2.24, 2.45) is 5.92 Å². The van der Waals surface area contributed by atoms with E-state index in [2.05, 4.69) is 16.6 Å². The quantitative estimate of drug-likeness (QED) is 0.809. The van der Waals surface area contributed by atoms with Crippen LogP contribution in [0.3, 0.4) is 0 Å². The van der Waals surface area contributed by atoms with Crippen LogP contribution in [0.4, 0.5) is 0 Å². The number of sulfonamides is 1. The molecule has 0 spiro atoms. The minimum Gasteiger partial charge on any atom is -0.395 e. The Kier molecular flexibility index (Phi) is 4.81. The molecule has 1 aliphatic rings. The molecular formula is C15H19NO3S. The van der Waals surface area contributed by atoms with Crippen molar-refractivity contribution in [2.75, 3.05) is 6.61 Å². The fourth-order valence-corrected chi connectivity index (χ4v) is 3.32. The van der Waals surface area contributed by atoms with Gasteiger partial charge in [0, 0.05) is 18.0 Å². The van der Waals surface area contributed by atoms with Crippen molar-refractivity contribution in [2.45, 2.75) is 37.1 Å². The summed E-state index contributed by atoms with van der Waals surface area (Å²) in [5.74, 6) is 6.10. The Morgan fingerprint density at radius 3 is 2.85 bits per heavy atom. The van der Waals surface area contributed by atoms with Gasteiger partial charge in [0.1, 0.15) is 0 Å². The normalized spacial score (nSPS) is 16.3. The van der Waals surface area contributed by atoms with Gasteiger partial charge >= 0.3 is 0 Å². The zero-order valence-corrected chi connectivity index (χ0v) is 12.3. The molecule has 20 heavy (non-hydrogen) atoms. The highest BCUT2D eigenvalue weighted by molar-refractivity contribution is 7.89. The molecule has 2 rings (SSSR count). The van der Waals surface area contributed by atoms with Crippen LogP contribution in [0.15, 0.2) is 29.2 Å². The summed E-state index contributed by atoms with van der Waals surface area (Å²) < 4.78 is 27.2. The van der Waals surface area contributed by atoms with Gasteiger partial charge in [-0.15, -0.1) is 0 Å². The van der Waals surface area contributed by atoms with E-state index in [0.29, 0.717) is 17.9 Å². The molecule has 4 nitrogen and oxygen atoms in total. The predicted molar refractivity (Wildman–Crippen MR) is 77.5 cm³/mol. The van der Waals surface area contributed by atoms with Gasteiger partial charge in [-0.1, -0.05) is 17.9 Å². The van der Waals surface area contributed by atoms with Crippen LogP contribution in [0.25, 0.3) is 0 Å². The monoisotopic (exact) mass is 293 g/mol. The van der Waals surface area contributed by atoms with E-state index in [4.69, 9.17) is 5.11 Å². The molecule has 1 unspecified atom stereocenters. The lowest BCUT2D eigenvalue weighted by Crippen LogP contribution is -2.34. The third kappa shape index (κ3) is 4.07. The molecule has 108 valence electrons. The van der Waals surface area contributed by atoms with Crippen LogP contribution < -0.4 is 4.72 Å². The summed E-state index contributed by atoms with van der Waals surface area (Å²) in [5, 5.41) is 8.68. The molecule has 1 fully saturated rings. The maximum absolute atomic E-state index is 12.3. The summed E-state index contributed by atoms with van der Waals surface area (Å²) in [5.41, 5.74) is 0.639. The summed E-state index contributed by atoms with van der Waals surface area (Å²) in [6.45, 7) is 1.91. The summed E-state index contributed by atoms with van der Waals surface area (Å²) >= 11 is 0. The van der Waals surface area contributed by atoms with E-state index in [0.717, 1.165) is 12.8 Å². The van der Waals surface area contributed by atoms with Gasteiger partial charge in [0.05, 0.1) is 11.5 Å². The van der Waals surface area contributed by atoms with E-state index in [1.807, 2.05) is 6.92 Å². The summed E-state index contributed by atoms with van der Waals surface area (Å²) in [4.78, 5) is 0.237. The Balaban J connectivity index is 2.15. The molecule has 5 heteroatoms. The van der Waals surface area contributed by atoms with E-state index in [1.165, 1.54) is 0 Å². The highest BCUT2D eigenvalue weighted by Crippen LogP contribution is 2.33. The SMILES string of the molecule is CC(NS(=O)(=O)c1cccc(C#CCCO)c1)C1CC1. The third-order valence-corrected chi connectivity index (χ3v) is 4.84. The molecule has 0 aromatic heterocycles. The highest BCUT2D eigenvalue weighted by Gasteiger charge is 2.31. The molecule has 2 N–H and O–H groups in total. The van der Waals surface area contributed by atoms with E-state index in [1.54, 1.807) is 24.3 Å². The van der Waals surface area contributed by atoms with Gasteiger partial charge in [-0.2, -0.15) is 0 Å². The Bertz CT molecular complexity index is 624. The Hall–Kier alpha value is -1.35. The second-order valence-corrected chi connectivity index (χ2v) is 6.76. The van der Waals surface area contributed by atoms with E-state index in [-0.39, 0.29) is 17.5 Å². The largest absolute Gasteiger partial charge is 0.395 e. The zero-order chi connectivity index (χ0) is 14.6. The first kappa shape index (κ1) is 15.0. The average Bonchev–Trinajstić information content (AvgIpc) is 3.23. The van der Waals surface area contributed by atoms with Gasteiger partial charge in [0.25, 0.3) is 0 Å². The Labute approximate surface area is 120 Å². The maximum atomic E-state index is 12.3. The van der Waals surface area contributed by atoms with Crippen LogP contribution in [-0.4, -0.2) is 26.2 Å².